The molecule has 2 aliphatic heterocycles. The molecule has 1 saturated carbocycles. The van der Waals surface area contributed by atoms with Crippen LogP contribution in [0.15, 0.2) is 35.7 Å². The number of hydrogen-bond donors (Lipinski definition) is 0. The average Bonchev–Trinajstić information content (AvgIpc) is 3.65. The average molecular weight is 501 g/mol. The molecule has 0 unspecified atom stereocenters. The van der Waals surface area contributed by atoms with Crippen LogP contribution in [0.5, 0.6) is 5.75 Å². The van der Waals surface area contributed by atoms with Gasteiger partial charge in [0.15, 0.2) is 11.6 Å². The molecule has 1 aromatic carbocycles. The first-order valence-electron chi connectivity index (χ1n) is 12.7. The van der Waals surface area contributed by atoms with Gasteiger partial charge in [-0.1, -0.05) is 25.0 Å². The van der Waals surface area contributed by atoms with Crippen LogP contribution < -0.4 is 4.74 Å². The van der Waals surface area contributed by atoms with Gasteiger partial charge in [0.05, 0.1) is 18.7 Å². The molecule has 3 aliphatic rings. The summed E-state index contributed by atoms with van der Waals surface area (Å²) in [4.78, 5) is 31.9. The molecule has 188 valence electrons. The largest absolute Gasteiger partial charge is 0.488 e. The summed E-state index contributed by atoms with van der Waals surface area (Å²) in [6.07, 6.45) is 6.62. The van der Waals surface area contributed by atoms with Gasteiger partial charge in [0.1, 0.15) is 6.61 Å². The van der Waals surface area contributed by atoms with E-state index in [0.29, 0.717) is 19.7 Å². The summed E-state index contributed by atoms with van der Waals surface area (Å²) in [6, 6.07) is 8.04. The van der Waals surface area contributed by atoms with Crippen molar-refractivity contribution in [1.82, 2.24) is 9.80 Å². The summed E-state index contributed by atoms with van der Waals surface area (Å²) in [5, 5.41) is 2.03. The van der Waals surface area contributed by atoms with E-state index in [4.69, 9.17) is 9.47 Å². The van der Waals surface area contributed by atoms with E-state index < -0.39 is 5.82 Å². The quantitative estimate of drug-likeness (QED) is 0.532. The van der Waals surface area contributed by atoms with E-state index in [1.54, 1.807) is 34.4 Å². The van der Waals surface area contributed by atoms with Gasteiger partial charge in [-0.3, -0.25) is 9.59 Å². The van der Waals surface area contributed by atoms with Gasteiger partial charge in [0.2, 0.25) is 11.8 Å². The molecule has 2 fully saturated rings. The van der Waals surface area contributed by atoms with E-state index in [0.717, 1.165) is 50.5 Å². The van der Waals surface area contributed by atoms with Crippen LogP contribution in [-0.4, -0.2) is 60.6 Å². The third kappa shape index (κ3) is 5.54. The number of thiophene rings is 1. The Morgan fingerprint density at radius 3 is 2.74 bits per heavy atom. The van der Waals surface area contributed by atoms with Gasteiger partial charge in [0.25, 0.3) is 0 Å². The van der Waals surface area contributed by atoms with Crippen molar-refractivity contribution in [2.24, 2.45) is 5.92 Å². The second-order valence-electron chi connectivity index (χ2n) is 9.73. The number of halogens is 1. The van der Waals surface area contributed by atoms with Gasteiger partial charge < -0.3 is 19.3 Å². The van der Waals surface area contributed by atoms with Crippen LogP contribution in [0.25, 0.3) is 0 Å². The summed E-state index contributed by atoms with van der Waals surface area (Å²) in [5.41, 5.74) is 1.05. The van der Waals surface area contributed by atoms with Crippen molar-refractivity contribution >= 4 is 23.2 Å². The van der Waals surface area contributed by atoms with Crippen molar-refractivity contribution in [3.8, 4) is 5.75 Å². The number of para-hydroxylation sites is 1. The summed E-state index contributed by atoms with van der Waals surface area (Å²) in [5.74, 6) is -0.239. The number of hydrogen-bond acceptors (Lipinski definition) is 5. The standard InChI is InChI=1S/C27H33FN2O4S/c28-22-9-3-4-10-24(22)34-18-23-21-12-15-35-25(21)11-13-30(23)26(31)17-29(16-20-8-5-14-33-20)27(32)19-6-1-2-7-19/h3-4,9-10,12,15,19-20,23H,1-2,5-8,11,13-14,16-18H2/t20-,23+/m1/s1. The maximum Gasteiger partial charge on any atom is 0.242 e. The highest BCUT2D eigenvalue weighted by Crippen LogP contribution is 2.35. The maximum atomic E-state index is 14.2. The molecular formula is C27H33FN2O4S. The Bertz CT molecular complexity index is 1030. The fourth-order valence-electron chi connectivity index (χ4n) is 5.56. The topological polar surface area (TPSA) is 59.1 Å². The zero-order valence-electron chi connectivity index (χ0n) is 20.0. The van der Waals surface area contributed by atoms with Crippen LogP contribution in [0, 0.1) is 11.7 Å². The molecule has 0 radical (unpaired) electrons. The van der Waals surface area contributed by atoms with Crippen LogP contribution in [-0.2, 0) is 20.7 Å². The molecule has 3 heterocycles. The number of carbonyl (C=O) groups excluding carboxylic acids is 2. The zero-order chi connectivity index (χ0) is 24.2. The highest BCUT2D eigenvalue weighted by molar-refractivity contribution is 7.10. The molecule has 35 heavy (non-hydrogen) atoms. The first-order chi connectivity index (χ1) is 17.1. The van der Waals surface area contributed by atoms with E-state index in [1.165, 1.54) is 10.9 Å². The van der Waals surface area contributed by atoms with Crippen LogP contribution in [0.2, 0.25) is 0 Å². The molecule has 1 aromatic heterocycles. The molecule has 2 amide bonds. The van der Waals surface area contributed by atoms with Gasteiger partial charge in [-0.25, -0.2) is 4.39 Å². The summed E-state index contributed by atoms with van der Waals surface area (Å²) in [6.45, 7) is 1.95. The van der Waals surface area contributed by atoms with Crippen LogP contribution in [0.4, 0.5) is 4.39 Å². The minimum Gasteiger partial charge on any atom is -0.488 e. The molecular weight excluding hydrogens is 467 g/mol. The van der Waals surface area contributed by atoms with Gasteiger partial charge in [-0.2, -0.15) is 0 Å². The Morgan fingerprint density at radius 2 is 1.97 bits per heavy atom. The summed E-state index contributed by atoms with van der Waals surface area (Å²) < 4.78 is 25.8. The van der Waals surface area contributed by atoms with Crippen molar-refractivity contribution in [1.29, 1.82) is 0 Å². The second kappa shape index (κ2) is 11.1. The lowest BCUT2D eigenvalue weighted by atomic mass is 10.00. The smallest absolute Gasteiger partial charge is 0.242 e. The molecule has 1 saturated heterocycles. The van der Waals surface area contributed by atoms with Crippen LogP contribution >= 0.6 is 11.3 Å². The van der Waals surface area contributed by atoms with Crippen molar-refractivity contribution in [3.63, 3.8) is 0 Å². The van der Waals surface area contributed by atoms with E-state index in [-0.39, 0.29) is 48.8 Å². The zero-order valence-corrected chi connectivity index (χ0v) is 20.8. The minimum absolute atomic E-state index is 0.00169. The van der Waals surface area contributed by atoms with E-state index >= 15 is 0 Å². The Hall–Kier alpha value is -2.45. The third-order valence-corrected chi connectivity index (χ3v) is 8.44. The molecule has 5 rings (SSSR count). The Morgan fingerprint density at radius 1 is 1.14 bits per heavy atom. The third-order valence-electron chi connectivity index (χ3n) is 7.44. The lowest BCUT2D eigenvalue weighted by Crippen LogP contribution is -2.50. The fraction of sp³-hybridized carbons (Fsp3) is 0.556. The molecule has 0 N–H and O–H groups in total. The van der Waals surface area contributed by atoms with Gasteiger partial charge in [0, 0.05) is 30.5 Å². The number of rotatable bonds is 8. The number of nitrogens with zero attached hydrogens (tertiary/aromatic N) is 2. The molecule has 6 nitrogen and oxygen atoms in total. The maximum absolute atomic E-state index is 14.2. The fourth-order valence-corrected chi connectivity index (χ4v) is 6.48. The first-order valence-corrected chi connectivity index (χ1v) is 13.6. The second-order valence-corrected chi connectivity index (χ2v) is 10.7. The van der Waals surface area contributed by atoms with Crippen LogP contribution in [0.3, 0.4) is 0 Å². The summed E-state index contributed by atoms with van der Waals surface area (Å²) in [7, 11) is 0. The Labute approximate surface area is 210 Å². The Balaban J connectivity index is 1.32. The molecule has 2 aromatic rings. The normalized spacial score (nSPS) is 22.3. The lowest BCUT2D eigenvalue weighted by molar-refractivity contribution is -0.146. The lowest BCUT2D eigenvalue weighted by Gasteiger charge is -2.37. The van der Waals surface area contributed by atoms with E-state index in [2.05, 4.69) is 0 Å². The minimum atomic E-state index is -0.420. The highest BCUT2D eigenvalue weighted by atomic mass is 32.1. The summed E-state index contributed by atoms with van der Waals surface area (Å²) >= 11 is 1.68. The molecule has 0 bridgehead atoms. The number of ether oxygens (including phenoxy) is 2. The van der Waals surface area contributed by atoms with Gasteiger partial charge in [-0.05, 0) is 61.2 Å². The van der Waals surface area contributed by atoms with Crippen molar-refractivity contribution < 1.29 is 23.5 Å². The number of amides is 2. The number of carbonyl (C=O) groups is 2. The van der Waals surface area contributed by atoms with Crippen LogP contribution in [0.1, 0.15) is 55.0 Å². The molecule has 0 spiro atoms. The van der Waals surface area contributed by atoms with Gasteiger partial charge >= 0.3 is 0 Å². The predicted octanol–water partition coefficient (Wildman–Crippen LogP) is 4.59. The first kappa shape index (κ1) is 24.3. The molecule has 2 atom stereocenters. The van der Waals surface area contributed by atoms with Crippen molar-refractivity contribution in [3.05, 3.63) is 52.0 Å². The molecule has 1 aliphatic carbocycles. The van der Waals surface area contributed by atoms with Crippen molar-refractivity contribution in [2.75, 3.05) is 32.8 Å². The van der Waals surface area contributed by atoms with Crippen molar-refractivity contribution in [2.45, 2.75) is 57.1 Å². The number of fused-ring (bicyclic) bond motifs is 1. The monoisotopic (exact) mass is 500 g/mol. The molecule has 8 heteroatoms. The van der Waals surface area contributed by atoms with Gasteiger partial charge in [-0.15, -0.1) is 11.3 Å². The SMILES string of the molecule is O=C(C1CCCC1)N(CC(=O)N1CCc2sccc2[C@@H]1COc1ccccc1F)C[C@H]1CCCO1. The van der Waals surface area contributed by atoms with E-state index in [1.807, 2.05) is 16.3 Å². The predicted molar refractivity (Wildman–Crippen MR) is 132 cm³/mol. The number of benzene rings is 1. The Kier molecular flexibility index (Phi) is 7.68. The highest BCUT2D eigenvalue weighted by Gasteiger charge is 2.36. The van der Waals surface area contributed by atoms with E-state index in [9.17, 15) is 14.0 Å².